The van der Waals surface area contributed by atoms with Crippen molar-refractivity contribution in [3.8, 4) is 0 Å². The Balaban J connectivity index is 2.43. The second-order valence-electron chi connectivity index (χ2n) is 4.21. The van der Waals surface area contributed by atoms with Crippen molar-refractivity contribution in [2.24, 2.45) is 5.73 Å². The summed E-state index contributed by atoms with van der Waals surface area (Å²) >= 11 is 15.9. The van der Waals surface area contributed by atoms with Gasteiger partial charge in [0.2, 0.25) is 0 Å². The van der Waals surface area contributed by atoms with Gasteiger partial charge in [0.15, 0.2) is 0 Å². The van der Waals surface area contributed by atoms with E-state index in [4.69, 9.17) is 33.7 Å². The number of halogens is 3. The van der Waals surface area contributed by atoms with Gasteiger partial charge in [-0.3, -0.25) is 4.68 Å². The molecule has 20 heavy (non-hydrogen) atoms. The van der Waals surface area contributed by atoms with Gasteiger partial charge in [-0.1, -0.05) is 29.3 Å². The van der Waals surface area contributed by atoms with Gasteiger partial charge in [-0.05, 0) is 28.1 Å². The first-order valence-electron chi connectivity index (χ1n) is 5.96. The molecule has 2 N–H and O–H groups in total. The van der Waals surface area contributed by atoms with Crippen LogP contribution in [-0.2, 0) is 11.3 Å². The molecular formula is C13H14BrCl2N3O. The van der Waals surface area contributed by atoms with Crippen LogP contribution in [0, 0.1) is 0 Å². The molecule has 0 aliphatic carbocycles. The summed E-state index contributed by atoms with van der Waals surface area (Å²) in [5, 5.41) is 5.36. The summed E-state index contributed by atoms with van der Waals surface area (Å²) in [7, 11) is 1.64. The molecule has 7 heteroatoms. The minimum atomic E-state index is -0.468. The molecule has 1 heterocycles. The van der Waals surface area contributed by atoms with Gasteiger partial charge in [0.25, 0.3) is 0 Å². The third-order valence-corrected chi connectivity index (χ3v) is 4.22. The molecular weight excluding hydrogens is 365 g/mol. The Hall–Kier alpha value is -0.590. The maximum atomic E-state index is 6.34. The minimum absolute atomic E-state index is 0.468. The second kappa shape index (κ2) is 6.91. The van der Waals surface area contributed by atoms with Gasteiger partial charge in [-0.25, -0.2) is 0 Å². The van der Waals surface area contributed by atoms with E-state index in [2.05, 4.69) is 21.0 Å². The fraction of sp³-hybridized carbons (Fsp3) is 0.308. The van der Waals surface area contributed by atoms with E-state index in [-0.39, 0.29) is 0 Å². The number of nitrogens with zero attached hydrogens (tertiary/aromatic N) is 2. The van der Waals surface area contributed by atoms with Gasteiger partial charge in [0, 0.05) is 22.7 Å². The summed E-state index contributed by atoms with van der Waals surface area (Å²) < 4.78 is 7.68. The molecule has 1 atom stereocenters. The van der Waals surface area contributed by atoms with Crippen LogP contribution in [0.5, 0.6) is 0 Å². The van der Waals surface area contributed by atoms with Crippen molar-refractivity contribution in [1.29, 1.82) is 0 Å². The van der Waals surface area contributed by atoms with Crippen LogP contribution in [0.3, 0.4) is 0 Å². The Morgan fingerprint density at radius 2 is 2.05 bits per heavy atom. The minimum Gasteiger partial charge on any atom is -0.383 e. The average molecular weight is 379 g/mol. The second-order valence-corrected chi connectivity index (χ2v) is 5.88. The first-order valence-corrected chi connectivity index (χ1v) is 7.50. The Labute approximate surface area is 135 Å². The van der Waals surface area contributed by atoms with E-state index in [9.17, 15) is 0 Å². The number of nitrogens with two attached hydrogens (primary N) is 1. The molecule has 1 unspecified atom stereocenters. The molecule has 0 saturated carbocycles. The molecule has 2 rings (SSSR count). The Morgan fingerprint density at radius 1 is 1.40 bits per heavy atom. The van der Waals surface area contributed by atoms with Crippen molar-refractivity contribution in [1.82, 2.24) is 9.78 Å². The highest BCUT2D eigenvalue weighted by Crippen LogP contribution is 2.35. The molecule has 4 nitrogen and oxygen atoms in total. The van der Waals surface area contributed by atoms with Gasteiger partial charge in [-0.15, -0.1) is 0 Å². The third-order valence-electron chi connectivity index (χ3n) is 2.95. The van der Waals surface area contributed by atoms with Crippen molar-refractivity contribution in [2.75, 3.05) is 13.7 Å². The summed E-state index contributed by atoms with van der Waals surface area (Å²) in [6.07, 6.45) is 1.70. The number of benzene rings is 1. The first-order chi connectivity index (χ1) is 9.56. The van der Waals surface area contributed by atoms with E-state index in [0.717, 1.165) is 10.2 Å². The lowest BCUT2D eigenvalue weighted by Gasteiger charge is -2.18. The molecule has 0 radical (unpaired) electrons. The molecule has 0 fully saturated rings. The lowest BCUT2D eigenvalue weighted by Crippen LogP contribution is -2.20. The van der Waals surface area contributed by atoms with Crippen LogP contribution in [0.4, 0.5) is 0 Å². The summed E-state index contributed by atoms with van der Waals surface area (Å²) in [5.74, 6) is 0. The van der Waals surface area contributed by atoms with Crippen LogP contribution in [0.1, 0.15) is 17.3 Å². The van der Waals surface area contributed by atoms with E-state index >= 15 is 0 Å². The quantitative estimate of drug-likeness (QED) is 0.863. The van der Waals surface area contributed by atoms with Crippen LogP contribution < -0.4 is 5.73 Å². The maximum absolute atomic E-state index is 6.34. The summed E-state index contributed by atoms with van der Waals surface area (Å²) in [5.41, 5.74) is 7.84. The van der Waals surface area contributed by atoms with Gasteiger partial charge in [0.1, 0.15) is 0 Å². The molecule has 0 spiro atoms. The van der Waals surface area contributed by atoms with E-state index in [1.165, 1.54) is 0 Å². The van der Waals surface area contributed by atoms with E-state index in [1.807, 2.05) is 0 Å². The van der Waals surface area contributed by atoms with Crippen LogP contribution >= 0.6 is 39.1 Å². The fourth-order valence-electron chi connectivity index (χ4n) is 1.98. The zero-order valence-corrected chi connectivity index (χ0v) is 13.9. The molecule has 2 aromatic rings. The van der Waals surface area contributed by atoms with Crippen LogP contribution in [-0.4, -0.2) is 23.5 Å². The lowest BCUT2D eigenvalue weighted by molar-refractivity contribution is 0.182. The van der Waals surface area contributed by atoms with Crippen LogP contribution in [0.25, 0.3) is 0 Å². The van der Waals surface area contributed by atoms with Crippen molar-refractivity contribution >= 4 is 39.1 Å². The standard InChI is InChI=1S/C13H14BrCl2N3O/c1-20-6-5-19-13(8(14)7-18-19)12(17)11-9(15)3-2-4-10(11)16/h2-4,7,12H,5-6,17H2,1H3. The molecule has 0 aliphatic rings. The summed E-state index contributed by atoms with van der Waals surface area (Å²) in [6, 6.07) is 4.86. The Bertz CT molecular complexity index is 583. The monoisotopic (exact) mass is 377 g/mol. The zero-order valence-electron chi connectivity index (χ0n) is 10.8. The summed E-state index contributed by atoms with van der Waals surface area (Å²) in [6.45, 7) is 1.15. The topological polar surface area (TPSA) is 53.1 Å². The molecule has 1 aromatic heterocycles. The average Bonchev–Trinajstić information content (AvgIpc) is 2.77. The van der Waals surface area contributed by atoms with Crippen molar-refractivity contribution in [3.63, 3.8) is 0 Å². The normalized spacial score (nSPS) is 12.7. The largest absolute Gasteiger partial charge is 0.383 e. The molecule has 108 valence electrons. The Kier molecular flexibility index (Phi) is 5.46. The van der Waals surface area contributed by atoms with Gasteiger partial charge < -0.3 is 10.5 Å². The Morgan fingerprint density at radius 3 is 2.65 bits per heavy atom. The van der Waals surface area contributed by atoms with Gasteiger partial charge in [0.05, 0.1) is 35.6 Å². The number of rotatable bonds is 5. The van der Waals surface area contributed by atoms with Crippen LogP contribution in [0.2, 0.25) is 10.0 Å². The van der Waals surface area contributed by atoms with E-state index in [1.54, 1.807) is 36.2 Å². The highest BCUT2D eigenvalue weighted by molar-refractivity contribution is 9.10. The molecule has 0 saturated heterocycles. The highest BCUT2D eigenvalue weighted by Gasteiger charge is 2.22. The predicted octanol–water partition coefficient (Wildman–Crippen LogP) is 3.65. The van der Waals surface area contributed by atoms with Crippen LogP contribution in [0.15, 0.2) is 28.9 Å². The number of methoxy groups -OCH3 is 1. The zero-order chi connectivity index (χ0) is 14.7. The van der Waals surface area contributed by atoms with Crippen molar-refractivity contribution in [3.05, 3.63) is 50.2 Å². The lowest BCUT2D eigenvalue weighted by atomic mass is 10.0. The molecule has 0 bridgehead atoms. The fourth-order valence-corrected chi connectivity index (χ4v) is 3.16. The first kappa shape index (κ1) is 15.8. The highest BCUT2D eigenvalue weighted by atomic mass is 79.9. The third kappa shape index (κ3) is 3.18. The number of hydrogen-bond donors (Lipinski definition) is 1. The van der Waals surface area contributed by atoms with E-state index in [0.29, 0.717) is 28.8 Å². The number of aromatic nitrogens is 2. The maximum Gasteiger partial charge on any atom is 0.0764 e. The SMILES string of the molecule is COCCn1ncc(Br)c1C(N)c1c(Cl)cccc1Cl. The van der Waals surface area contributed by atoms with Gasteiger partial charge in [-0.2, -0.15) is 5.10 Å². The predicted molar refractivity (Wildman–Crippen MR) is 84.3 cm³/mol. The van der Waals surface area contributed by atoms with Gasteiger partial charge >= 0.3 is 0 Å². The number of hydrogen-bond acceptors (Lipinski definition) is 3. The van der Waals surface area contributed by atoms with Crippen molar-refractivity contribution in [2.45, 2.75) is 12.6 Å². The number of ether oxygens (including phenoxy) is 1. The molecule has 0 aliphatic heterocycles. The van der Waals surface area contributed by atoms with Crippen molar-refractivity contribution < 1.29 is 4.74 Å². The van der Waals surface area contributed by atoms with E-state index < -0.39 is 6.04 Å². The molecule has 0 amide bonds. The smallest absolute Gasteiger partial charge is 0.0764 e. The molecule has 1 aromatic carbocycles. The summed E-state index contributed by atoms with van der Waals surface area (Å²) in [4.78, 5) is 0.